The van der Waals surface area contributed by atoms with Gasteiger partial charge in [0.15, 0.2) is 0 Å². The van der Waals surface area contributed by atoms with Gasteiger partial charge in [0.1, 0.15) is 6.04 Å². The first-order chi connectivity index (χ1) is 15.1. The Morgan fingerprint density at radius 3 is 1.84 bits per heavy atom. The number of carbonyl (C=O) groups is 2. The number of carboxylic acid groups (broad SMARTS) is 1. The van der Waals surface area contributed by atoms with Gasteiger partial charge in [-0.05, 0) is 27.5 Å². The van der Waals surface area contributed by atoms with E-state index in [1.165, 1.54) is 0 Å². The first-order valence-corrected chi connectivity index (χ1v) is 10.2. The van der Waals surface area contributed by atoms with Crippen molar-refractivity contribution in [2.24, 2.45) is 0 Å². The lowest BCUT2D eigenvalue weighted by Crippen LogP contribution is -2.44. The van der Waals surface area contributed by atoms with E-state index in [-0.39, 0.29) is 12.3 Å². The van der Waals surface area contributed by atoms with Crippen molar-refractivity contribution in [2.45, 2.75) is 18.4 Å². The summed E-state index contributed by atoms with van der Waals surface area (Å²) in [6, 6.07) is 31.6. The maximum absolute atomic E-state index is 13.3. The first-order valence-electron chi connectivity index (χ1n) is 10.2. The summed E-state index contributed by atoms with van der Waals surface area (Å²) in [5, 5.41) is 14.7. The molecule has 4 rings (SSSR count). The number of benzene rings is 4. The fraction of sp³-hybridized carbons (Fsp3) is 0.111. The van der Waals surface area contributed by atoms with Gasteiger partial charge in [0, 0.05) is 6.42 Å². The molecule has 0 saturated heterocycles. The molecule has 0 aliphatic heterocycles. The topological polar surface area (TPSA) is 66.4 Å². The van der Waals surface area contributed by atoms with Crippen LogP contribution < -0.4 is 5.32 Å². The van der Waals surface area contributed by atoms with E-state index in [0.717, 1.165) is 27.5 Å². The molecule has 2 N–H and O–H groups in total. The van der Waals surface area contributed by atoms with Crippen molar-refractivity contribution in [3.05, 3.63) is 120 Å². The summed E-state index contributed by atoms with van der Waals surface area (Å²) < 4.78 is 0. The second kappa shape index (κ2) is 9.26. The summed E-state index contributed by atoms with van der Waals surface area (Å²) in [6.45, 7) is 0. The normalized spacial score (nSPS) is 11.9. The zero-order valence-corrected chi connectivity index (χ0v) is 16.9. The summed E-state index contributed by atoms with van der Waals surface area (Å²) in [6.07, 6.45) is 0.211. The van der Waals surface area contributed by atoms with Crippen molar-refractivity contribution in [2.75, 3.05) is 0 Å². The van der Waals surface area contributed by atoms with Crippen LogP contribution in [0.3, 0.4) is 0 Å². The Labute approximate surface area is 181 Å². The molecule has 154 valence electrons. The summed E-state index contributed by atoms with van der Waals surface area (Å²) in [5.41, 5.74) is 2.50. The minimum Gasteiger partial charge on any atom is -0.480 e. The van der Waals surface area contributed by atoms with Crippen molar-refractivity contribution >= 4 is 22.6 Å². The van der Waals surface area contributed by atoms with Crippen molar-refractivity contribution in [3.8, 4) is 0 Å². The Hall–Kier alpha value is -3.92. The highest BCUT2D eigenvalue weighted by atomic mass is 16.4. The number of carboxylic acids is 1. The molecule has 1 atom stereocenters. The third-order valence-electron chi connectivity index (χ3n) is 5.40. The molecule has 31 heavy (non-hydrogen) atoms. The fourth-order valence-corrected chi connectivity index (χ4v) is 3.84. The van der Waals surface area contributed by atoms with Gasteiger partial charge in [-0.3, -0.25) is 4.79 Å². The number of fused-ring (bicyclic) bond motifs is 1. The number of hydrogen-bond donors (Lipinski definition) is 2. The molecule has 0 saturated carbocycles. The Morgan fingerprint density at radius 2 is 1.26 bits per heavy atom. The molecule has 4 aromatic rings. The molecule has 0 aromatic heterocycles. The van der Waals surface area contributed by atoms with Gasteiger partial charge in [-0.1, -0.05) is 103 Å². The molecule has 4 aromatic carbocycles. The smallest absolute Gasteiger partial charge is 0.326 e. The minimum absolute atomic E-state index is 0.211. The largest absolute Gasteiger partial charge is 0.480 e. The van der Waals surface area contributed by atoms with Gasteiger partial charge in [0.05, 0.1) is 5.92 Å². The molecule has 0 spiro atoms. The van der Waals surface area contributed by atoms with Gasteiger partial charge >= 0.3 is 5.97 Å². The highest BCUT2D eigenvalue weighted by molar-refractivity contribution is 5.91. The molecule has 0 fully saturated rings. The quantitative estimate of drug-likeness (QED) is 0.461. The van der Waals surface area contributed by atoms with Crippen molar-refractivity contribution in [1.82, 2.24) is 5.32 Å². The van der Waals surface area contributed by atoms with E-state index in [1.54, 1.807) is 0 Å². The third-order valence-corrected chi connectivity index (χ3v) is 5.40. The predicted molar refractivity (Wildman–Crippen MR) is 122 cm³/mol. The van der Waals surface area contributed by atoms with E-state index in [1.807, 2.05) is 103 Å². The van der Waals surface area contributed by atoms with Crippen molar-refractivity contribution in [1.29, 1.82) is 0 Å². The molecular formula is C27H23NO3. The Kier molecular flexibility index (Phi) is 6.08. The van der Waals surface area contributed by atoms with E-state index in [0.29, 0.717) is 0 Å². The molecule has 0 aliphatic rings. The van der Waals surface area contributed by atoms with E-state index in [9.17, 15) is 14.7 Å². The zero-order valence-electron chi connectivity index (χ0n) is 16.9. The Morgan fingerprint density at radius 1 is 0.710 bits per heavy atom. The first kappa shape index (κ1) is 20.4. The van der Waals surface area contributed by atoms with E-state index >= 15 is 0 Å². The zero-order chi connectivity index (χ0) is 21.6. The van der Waals surface area contributed by atoms with Crippen LogP contribution in [0.2, 0.25) is 0 Å². The number of rotatable bonds is 7. The van der Waals surface area contributed by atoms with Gasteiger partial charge in [0.25, 0.3) is 0 Å². The summed E-state index contributed by atoms with van der Waals surface area (Å²) in [4.78, 5) is 25.3. The lowest BCUT2D eigenvalue weighted by molar-refractivity contribution is -0.141. The molecule has 4 nitrogen and oxygen atoms in total. The van der Waals surface area contributed by atoms with Crippen LogP contribution >= 0.6 is 0 Å². The van der Waals surface area contributed by atoms with Gasteiger partial charge < -0.3 is 10.4 Å². The third kappa shape index (κ3) is 4.81. The predicted octanol–water partition coefficient (Wildman–Crippen LogP) is 4.78. The highest BCUT2D eigenvalue weighted by Gasteiger charge is 2.27. The monoisotopic (exact) mass is 409 g/mol. The van der Waals surface area contributed by atoms with Gasteiger partial charge in [0.2, 0.25) is 5.91 Å². The average Bonchev–Trinajstić information content (AvgIpc) is 2.80. The van der Waals surface area contributed by atoms with Crippen LogP contribution in [0.15, 0.2) is 103 Å². The minimum atomic E-state index is -1.05. The number of carbonyl (C=O) groups excluding carboxylic acids is 1. The molecule has 4 heteroatoms. The van der Waals surface area contributed by atoms with Gasteiger partial charge in [-0.15, -0.1) is 0 Å². The molecule has 0 heterocycles. The van der Waals surface area contributed by atoms with Crippen LogP contribution in [-0.2, 0) is 16.0 Å². The van der Waals surface area contributed by atoms with Crippen LogP contribution in [0.1, 0.15) is 22.6 Å². The number of hydrogen-bond acceptors (Lipinski definition) is 2. The lowest BCUT2D eigenvalue weighted by Gasteiger charge is -2.21. The Bertz CT molecular complexity index is 1150. The van der Waals surface area contributed by atoms with Gasteiger partial charge in [-0.2, -0.15) is 0 Å². The second-order valence-corrected chi connectivity index (χ2v) is 7.54. The van der Waals surface area contributed by atoms with Crippen LogP contribution in [0.4, 0.5) is 0 Å². The average molecular weight is 409 g/mol. The maximum atomic E-state index is 13.3. The van der Waals surface area contributed by atoms with Crippen molar-refractivity contribution < 1.29 is 14.7 Å². The van der Waals surface area contributed by atoms with Crippen LogP contribution in [0, 0.1) is 0 Å². The molecule has 0 bridgehead atoms. The molecule has 0 aliphatic carbocycles. The van der Waals surface area contributed by atoms with Crippen LogP contribution in [0.25, 0.3) is 10.8 Å². The summed E-state index contributed by atoms with van der Waals surface area (Å²) >= 11 is 0. The highest BCUT2D eigenvalue weighted by Crippen LogP contribution is 2.25. The van der Waals surface area contributed by atoms with E-state index in [2.05, 4.69) is 5.32 Å². The van der Waals surface area contributed by atoms with Crippen LogP contribution in [0.5, 0.6) is 0 Å². The van der Waals surface area contributed by atoms with E-state index < -0.39 is 17.9 Å². The Balaban J connectivity index is 1.59. The summed E-state index contributed by atoms with van der Waals surface area (Å²) in [7, 11) is 0. The molecule has 0 radical (unpaired) electrons. The van der Waals surface area contributed by atoms with Gasteiger partial charge in [-0.25, -0.2) is 4.79 Å². The number of aliphatic carboxylic acids is 1. The molecular weight excluding hydrogens is 386 g/mol. The molecule has 0 unspecified atom stereocenters. The standard InChI is InChI=1S/C27H23NO3/c29-26(25(21-10-3-1-4-11-21)22-12-5-2-6-13-22)28-24(27(30)31)18-19-15-16-20-9-7-8-14-23(20)17-19/h1-17,24-25H,18H2,(H,28,29)(H,30,31)/t24-/m0/s1. The maximum Gasteiger partial charge on any atom is 0.326 e. The second-order valence-electron chi connectivity index (χ2n) is 7.54. The van der Waals surface area contributed by atoms with Crippen molar-refractivity contribution in [3.63, 3.8) is 0 Å². The van der Waals surface area contributed by atoms with E-state index in [4.69, 9.17) is 0 Å². The lowest BCUT2D eigenvalue weighted by atomic mass is 9.90. The van der Waals surface area contributed by atoms with Crippen LogP contribution in [-0.4, -0.2) is 23.0 Å². The number of amides is 1. The summed E-state index contributed by atoms with van der Waals surface area (Å²) in [5.74, 6) is -1.96. The SMILES string of the molecule is O=C(N[C@@H](Cc1ccc2ccccc2c1)C(=O)O)C(c1ccccc1)c1ccccc1. The number of nitrogens with one attached hydrogen (secondary N) is 1. The molecule has 1 amide bonds. The fourth-order valence-electron chi connectivity index (χ4n) is 3.84.